The number of ether oxygens (including phenoxy) is 1. The van der Waals surface area contributed by atoms with Crippen molar-refractivity contribution in [1.29, 1.82) is 0 Å². The predicted octanol–water partition coefficient (Wildman–Crippen LogP) is 3.12. The number of pyridine rings is 1. The molecule has 34 heavy (non-hydrogen) atoms. The van der Waals surface area contributed by atoms with E-state index in [-0.39, 0.29) is 23.8 Å². The first-order valence-corrected chi connectivity index (χ1v) is 11.5. The van der Waals surface area contributed by atoms with E-state index in [1.165, 1.54) is 6.92 Å². The fourth-order valence-corrected chi connectivity index (χ4v) is 3.98. The SMILES string of the molecule is C=C(CNC(=O)c1cc(-c2ccc(C(C)=O)nc2)cc(N(CCC)C2CCOCC2)c1)C(N)=O. The van der Waals surface area contributed by atoms with Gasteiger partial charge >= 0.3 is 0 Å². The summed E-state index contributed by atoms with van der Waals surface area (Å²) >= 11 is 0. The van der Waals surface area contributed by atoms with Gasteiger partial charge in [0.05, 0.1) is 0 Å². The largest absolute Gasteiger partial charge is 0.381 e. The van der Waals surface area contributed by atoms with Crippen molar-refractivity contribution in [2.75, 3.05) is 31.2 Å². The van der Waals surface area contributed by atoms with Crippen LogP contribution >= 0.6 is 0 Å². The van der Waals surface area contributed by atoms with Crippen molar-refractivity contribution in [2.45, 2.75) is 39.2 Å². The van der Waals surface area contributed by atoms with E-state index < -0.39 is 5.91 Å². The van der Waals surface area contributed by atoms with Gasteiger partial charge in [-0.25, -0.2) is 0 Å². The zero-order valence-corrected chi connectivity index (χ0v) is 19.8. The number of anilines is 1. The van der Waals surface area contributed by atoms with E-state index in [2.05, 4.69) is 34.8 Å². The van der Waals surface area contributed by atoms with Crippen LogP contribution in [0.3, 0.4) is 0 Å². The van der Waals surface area contributed by atoms with Gasteiger partial charge < -0.3 is 20.7 Å². The number of benzene rings is 1. The number of nitrogens with one attached hydrogen (secondary N) is 1. The van der Waals surface area contributed by atoms with Crippen LogP contribution < -0.4 is 16.0 Å². The van der Waals surface area contributed by atoms with Gasteiger partial charge in [0.2, 0.25) is 5.91 Å². The minimum absolute atomic E-state index is 0.0266. The van der Waals surface area contributed by atoms with E-state index in [4.69, 9.17) is 10.5 Å². The number of carbonyl (C=O) groups excluding carboxylic acids is 3. The van der Waals surface area contributed by atoms with Crippen LogP contribution in [0.25, 0.3) is 11.1 Å². The van der Waals surface area contributed by atoms with Crippen LogP contribution in [0.2, 0.25) is 0 Å². The Bertz CT molecular complexity index is 1060. The highest BCUT2D eigenvalue weighted by Crippen LogP contribution is 2.30. The first-order chi connectivity index (χ1) is 16.3. The fourth-order valence-electron chi connectivity index (χ4n) is 3.98. The third-order valence-corrected chi connectivity index (χ3v) is 5.88. The Labute approximate surface area is 200 Å². The van der Waals surface area contributed by atoms with Crippen LogP contribution in [0.1, 0.15) is 54.0 Å². The number of primary amides is 1. The standard InChI is InChI=1S/C26H32N4O4/c1-4-9-30(22-7-10-34-11-8-22)23-13-20(19-5-6-24(18(3)31)28-16-19)12-21(14-23)26(33)29-15-17(2)25(27)32/h5-6,12-14,16,22H,2,4,7-11,15H2,1,3H3,(H2,27,32)(H,29,33). The molecule has 1 aromatic heterocycles. The van der Waals surface area contributed by atoms with Crippen LogP contribution in [0.15, 0.2) is 48.7 Å². The lowest BCUT2D eigenvalue weighted by Crippen LogP contribution is -2.40. The van der Waals surface area contributed by atoms with Gasteiger partial charge in [-0.1, -0.05) is 19.6 Å². The van der Waals surface area contributed by atoms with Crippen LogP contribution in [0.4, 0.5) is 5.69 Å². The number of nitrogens with zero attached hydrogens (tertiary/aromatic N) is 2. The highest BCUT2D eigenvalue weighted by molar-refractivity contribution is 5.98. The number of Topliss-reactive ketones (excluding diaryl/α,β-unsaturated/α-hetero) is 1. The molecular weight excluding hydrogens is 432 g/mol. The molecule has 0 spiro atoms. The smallest absolute Gasteiger partial charge is 0.251 e. The summed E-state index contributed by atoms with van der Waals surface area (Å²) < 4.78 is 5.55. The Balaban J connectivity index is 2.00. The van der Waals surface area contributed by atoms with Gasteiger partial charge in [0.1, 0.15) is 5.69 Å². The monoisotopic (exact) mass is 464 g/mol. The molecule has 2 heterocycles. The lowest BCUT2D eigenvalue weighted by Gasteiger charge is -2.36. The maximum Gasteiger partial charge on any atom is 0.251 e. The number of aromatic nitrogens is 1. The maximum atomic E-state index is 13.0. The second kappa shape index (κ2) is 11.6. The summed E-state index contributed by atoms with van der Waals surface area (Å²) in [6.07, 6.45) is 4.43. The summed E-state index contributed by atoms with van der Waals surface area (Å²) in [7, 11) is 0. The molecule has 0 saturated carbocycles. The van der Waals surface area contributed by atoms with E-state index in [0.29, 0.717) is 30.5 Å². The van der Waals surface area contributed by atoms with Gasteiger partial charge in [-0.15, -0.1) is 0 Å². The Morgan fingerprint density at radius 2 is 1.91 bits per heavy atom. The maximum absolute atomic E-state index is 13.0. The number of nitrogens with two attached hydrogens (primary N) is 1. The molecule has 0 radical (unpaired) electrons. The zero-order chi connectivity index (χ0) is 24.7. The molecule has 8 nitrogen and oxygen atoms in total. The Hall–Kier alpha value is -3.52. The van der Waals surface area contributed by atoms with Crippen LogP contribution in [0.5, 0.6) is 0 Å². The topological polar surface area (TPSA) is 115 Å². The van der Waals surface area contributed by atoms with Gasteiger partial charge in [0.15, 0.2) is 5.78 Å². The van der Waals surface area contributed by atoms with Gasteiger partial charge in [-0.3, -0.25) is 19.4 Å². The van der Waals surface area contributed by atoms with Crippen molar-refractivity contribution in [1.82, 2.24) is 10.3 Å². The van der Waals surface area contributed by atoms with Gasteiger partial charge in [-0.05, 0) is 49.1 Å². The Morgan fingerprint density at radius 1 is 1.18 bits per heavy atom. The molecule has 0 aliphatic carbocycles. The second-order valence-electron chi connectivity index (χ2n) is 8.44. The molecule has 1 aliphatic rings. The lowest BCUT2D eigenvalue weighted by atomic mass is 9.99. The third kappa shape index (κ3) is 6.29. The average Bonchev–Trinajstić information content (AvgIpc) is 2.85. The molecule has 8 heteroatoms. The molecule has 2 aromatic rings. The van der Waals surface area contributed by atoms with E-state index in [0.717, 1.165) is 42.6 Å². The summed E-state index contributed by atoms with van der Waals surface area (Å²) in [5.41, 5.74) is 8.74. The van der Waals surface area contributed by atoms with Crippen LogP contribution in [-0.2, 0) is 9.53 Å². The molecule has 0 bridgehead atoms. The van der Waals surface area contributed by atoms with Crippen LogP contribution in [0, 0.1) is 0 Å². The minimum atomic E-state index is -0.653. The van der Waals surface area contributed by atoms with Gasteiger partial charge in [-0.2, -0.15) is 0 Å². The molecule has 0 atom stereocenters. The number of rotatable bonds is 10. The number of amides is 2. The molecule has 1 fully saturated rings. The predicted molar refractivity (Wildman–Crippen MR) is 132 cm³/mol. The normalized spacial score (nSPS) is 13.8. The van der Waals surface area contributed by atoms with E-state index in [1.807, 2.05) is 12.1 Å². The summed E-state index contributed by atoms with van der Waals surface area (Å²) in [6, 6.07) is 9.53. The molecule has 3 N–H and O–H groups in total. The lowest BCUT2D eigenvalue weighted by molar-refractivity contribution is -0.114. The molecule has 1 aliphatic heterocycles. The summed E-state index contributed by atoms with van der Waals surface area (Å²) in [6.45, 7) is 9.44. The first-order valence-electron chi connectivity index (χ1n) is 11.5. The molecule has 1 saturated heterocycles. The first kappa shape index (κ1) is 25.1. The quantitative estimate of drug-likeness (QED) is 0.412. The summed E-state index contributed by atoms with van der Waals surface area (Å²) in [5, 5.41) is 2.72. The number of carbonyl (C=O) groups is 3. The zero-order valence-electron chi connectivity index (χ0n) is 19.8. The third-order valence-electron chi connectivity index (χ3n) is 5.88. The Kier molecular flexibility index (Phi) is 8.54. The van der Waals surface area contributed by atoms with Crippen LogP contribution in [-0.4, -0.2) is 54.9 Å². The molecule has 2 amide bonds. The summed E-state index contributed by atoms with van der Waals surface area (Å²) in [4.78, 5) is 42.5. The van der Waals surface area contributed by atoms with Crippen molar-refractivity contribution in [3.05, 3.63) is 59.9 Å². The highest BCUT2D eigenvalue weighted by atomic mass is 16.5. The molecule has 180 valence electrons. The molecule has 0 unspecified atom stereocenters. The van der Waals surface area contributed by atoms with E-state index in [9.17, 15) is 14.4 Å². The van der Waals surface area contributed by atoms with Gasteiger partial charge in [0.25, 0.3) is 5.91 Å². The number of hydrogen-bond donors (Lipinski definition) is 2. The average molecular weight is 465 g/mol. The Morgan fingerprint density at radius 3 is 2.50 bits per heavy atom. The number of ketones is 1. The molecular formula is C26H32N4O4. The molecule has 1 aromatic carbocycles. The van der Waals surface area contributed by atoms with Crippen molar-refractivity contribution in [3.8, 4) is 11.1 Å². The van der Waals surface area contributed by atoms with Gasteiger partial charge in [0, 0.05) is 67.9 Å². The molecule has 3 rings (SSSR count). The van der Waals surface area contributed by atoms with Crippen molar-refractivity contribution in [2.24, 2.45) is 5.73 Å². The summed E-state index contributed by atoms with van der Waals surface area (Å²) in [5.74, 6) is -1.09. The number of hydrogen-bond acceptors (Lipinski definition) is 6. The van der Waals surface area contributed by atoms with Crippen molar-refractivity contribution < 1.29 is 19.1 Å². The van der Waals surface area contributed by atoms with Crippen molar-refractivity contribution >= 4 is 23.3 Å². The van der Waals surface area contributed by atoms with E-state index in [1.54, 1.807) is 18.3 Å². The van der Waals surface area contributed by atoms with E-state index >= 15 is 0 Å². The second-order valence-corrected chi connectivity index (χ2v) is 8.44. The fraction of sp³-hybridized carbons (Fsp3) is 0.385. The van der Waals surface area contributed by atoms with Crippen molar-refractivity contribution in [3.63, 3.8) is 0 Å². The minimum Gasteiger partial charge on any atom is -0.381 e. The highest BCUT2D eigenvalue weighted by Gasteiger charge is 2.23.